The van der Waals surface area contributed by atoms with Crippen molar-refractivity contribution in [2.24, 2.45) is 0 Å². The molecular weight excluding hydrogens is 347 g/mol. The van der Waals surface area contributed by atoms with Gasteiger partial charge in [0.1, 0.15) is 0 Å². The number of hydrogen-bond donors (Lipinski definition) is 1. The van der Waals surface area contributed by atoms with E-state index in [-0.39, 0.29) is 5.75 Å². The normalized spacial score (nSPS) is 11.4. The van der Waals surface area contributed by atoms with E-state index in [1.165, 1.54) is 21.1 Å². The van der Waals surface area contributed by atoms with Gasteiger partial charge in [-0.2, -0.15) is 0 Å². The van der Waals surface area contributed by atoms with Crippen LogP contribution in [0.15, 0.2) is 36.4 Å². The lowest BCUT2D eigenvalue weighted by molar-refractivity contribution is -0.385. The second kappa shape index (κ2) is 8.15. The van der Waals surface area contributed by atoms with Crippen LogP contribution in [0.4, 0.5) is 15.8 Å². The third-order valence-corrected chi connectivity index (χ3v) is 3.45. The summed E-state index contributed by atoms with van der Waals surface area (Å²) in [5.74, 6) is -0.784. The highest BCUT2D eigenvalue weighted by Crippen LogP contribution is 2.30. The fraction of sp³-hybridized carbons (Fsp3) is 0.235. The highest BCUT2D eigenvalue weighted by Gasteiger charge is 2.19. The molecule has 0 aliphatic heterocycles. The molecule has 0 radical (unpaired) electrons. The zero-order chi connectivity index (χ0) is 19.3. The second-order valence-electron chi connectivity index (χ2n) is 5.19. The van der Waals surface area contributed by atoms with E-state index in [4.69, 9.17) is 14.2 Å². The van der Waals surface area contributed by atoms with Gasteiger partial charge in [0.15, 0.2) is 29.2 Å². The topological polar surface area (TPSA) is 99.9 Å². The summed E-state index contributed by atoms with van der Waals surface area (Å²) in [6.45, 7) is 1.43. The maximum Gasteiger partial charge on any atom is 0.272 e. The summed E-state index contributed by atoms with van der Waals surface area (Å²) in [6.07, 6.45) is -1.04. The molecule has 0 heterocycles. The van der Waals surface area contributed by atoms with Crippen molar-refractivity contribution in [3.8, 4) is 17.2 Å². The molecule has 2 aromatic rings. The molecule has 26 heavy (non-hydrogen) atoms. The first-order valence-electron chi connectivity index (χ1n) is 7.49. The Kier molecular flexibility index (Phi) is 5.94. The first kappa shape index (κ1) is 19.0. The number of nitro groups is 1. The second-order valence-corrected chi connectivity index (χ2v) is 5.19. The van der Waals surface area contributed by atoms with Gasteiger partial charge in [-0.05, 0) is 25.1 Å². The van der Waals surface area contributed by atoms with Crippen molar-refractivity contribution in [2.75, 3.05) is 19.5 Å². The molecule has 1 atom stereocenters. The van der Waals surface area contributed by atoms with Gasteiger partial charge >= 0.3 is 0 Å². The molecule has 138 valence electrons. The molecule has 0 saturated carbocycles. The van der Waals surface area contributed by atoms with Crippen molar-refractivity contribution < 1.29 is 28.3 Å². The van der Waals surface area contributed by atoms with Crippen LogP contribution in [0.1, 0.15) is 6.92 Å². The van der Waals surface area contributed by atoms with E-state index < -0.39 is 28.4 Å². The van der Waals surface area contributed by atoms with E-state index in [2.05, 4.69) is 5.32 Å². The number of carbonyl (C=O) groups excluding carboxylic acids is 1. The average Bonchev–Trinajstić information content (AvgIpc) is 2.62. The summed E-state index contributed by atoms with van der Waals surface area (Å²) in [5.41, 5.74) is 0.0320. The maximum absolute atomic E-state index is 13.9. The first-order valence-corrected chi connectivity index (χ1v) is 7.49. The largest absolute Gasteiger partial charge is 0.493 e. The minimum Gasteiger partial charge on any atom is -0.493 e. The lowest BCUT2D eigenvalue weighted by Crippen LogP contribution is -2.30. The van der Waals surface area contributed by atoms with Gasteiger partial charge in [0, 0.05) is 17.8 Å². The van der Waals surface area contributed by atoms with Gasteiger partial charge in [0.05, 0.1) is 25.2 Å². The number of anilines is 1. The molecule has 1 N–H and O–H groups in total. The zero-order valence-electron chi connectivity index (χ0n) is 14.3. The Hall–Kier alpha value is -3.36. The van der Waals surface area contributed by atoms with Crippen LogP contribution in [-0.4, -0.2) is 31.2 Å². The first-order chi connectivity index (χ1) is 12.3. The maximum atomic E-state index is 13.9. The molecule has 0 aliphatic rings. The van der Waals surface area contributed by atoms with E-state index in [1.54, 1.807) is 18.2 Å². The molecule has 0 aliphatic carbocycles. The fourth-order valence-electron chi connectivity index (χ4n) is 2.10. The molecule has 0 fully saturated rings. The van der Waals surface area contributed by atoms with E-state index >= 15 is 0 Å². The Labute approximate surface area is 148 Å². The standard InChI is InChI=1S/C17H17FN2O6/c1-10(26-14-7-5-12(20(22)23)9-13(14)18)17(21)19-11-4-6-15(24-2)16(8-11)25-3/h4-10H,1-3H3,(H,19,21)/t10-/m0/s1. The molecule has 2 rings (SSSR count). The molecule has 0 aromatic heterocycles. The minimum absolute atomic E-state index is 0.259. The van der Waals surface area contributed by atoms with Gasteiger partial charge in [0.25, 0.3) is 11.6 Å². The van der Waals surface area contributed by atoms with E-state index in [0.29, 0.717) is 17.2 Å². The van der Waals surface area contributed by atoms with Crippen LogP contribution in [0.3, 0.4) is 0 Å². The van der Waals surface area contributed by atoms with Crippen LogP contribution < -0.4 is 19.5 Å². The predicted molar refractivity (Wildman–Crippen MR) is 91.3 cm³/mol. The Bertz CT molecular complexity index is 827. The van der Waals surface area contributed by atoms with Crippen LogP contribution in [-0.2, 0) is 4.79 Å². The van der Waals surface area contributed by atoms with Crippen LogP contribution >= 0.6 is 0 Å². The zero-order valence-corrected chi connectivity index (χ0v) is 14.3. The summed E-state index contributed by atoms with van der Waals surface area (Å²) in [5, 5.41) is 13.2. The summed E-state index contributed by atoms with van der Waals surface area (Å²) in [7, 11) is 2.96. The molecule has 0 spiro atoms. The average molecular weight is 364 g/mol. The molecule has 9 heteroatoms. The molecule has 2 aromatic carbocycles. The van der Waals surface area contributed by atoms with Crippen molar-refractivity contribution in [1.82, 2.24) is 0 Å². The van der Waals surface area contributed by atoms with Crippen molar-refractivity contribution in [3.05, 3.63) is 52.3 Å². The molecule has 0 bridgehead atoms. The number of methoxy groups -OCH3 is 2. The Morgan fingerprint density at radius 3 is 2.35 bits per heavy atom. The van der Waals surface area contributed by atoms with Gasteiger partial charge in [-0.25, -0.2) is 4.39 Å². The number of non-ortho nitro benzene ring substituents is 1. The predicted octanol–water partition coefficient (Wildman–Crippen LogP) is 3.16. The summed E-state index contributed by atoms with van der Waals surface area (Å²) >= 11 is 0. The number of carbonyl (C=O) groups is 1. The fourth-order valence-corrected chi connectivity index (χ4v) is 2.10. The van der Waals surface area contributed by atoms with Crippen molar-refractivity contribution in [1.29, 1.82) is 0 Å². The van der Waals surface area contributed by atoms with Gasteiger partial charge < -0.3 is 19.5 Å². The number of rotatable bonds is 7. The SMILES string of the molecule is COc1ccc(NC(=O)[C@H](C)Oc2ccc([N+](=O)[O-])cc2F)cc1OC. The Balaban J connectivity index is 2.07. The van der Waals surface area contributed by atoms with Gasteiger partial charge in [0.2, 0.25) is 0 Å². The quantitative estimate of drug-likeness (QED) is 0.598. The van der Waals surface area contributed by atoms with Gasteiger partial charge in [-0.1, -0.05) is 0 Å². The molecule has 8 nitrogen and oxygen atoms in total. The van der Waals surface area contributed by atoms with Crippen LogP contribution in [0.2, 0.25) is 0 Å². The summed E-state index contributed by atoms with van der Waals surface area (Å²) < 4.78 is 29.4. The molecule has 0 unspecified atom stereocenters. The van der Waals surface area contributed by atoms with Crippen LogP contribution in [0.25, 0.3) is 0 Å². The van der Waals surface area contributed by atoms with Gasteiger partial charge in [-0.3, -0.25) is 14.9 Å². The smallest absolute Gasteiger partial charge is 0.272 e. The highest BCUT2D eigenvalue weighted by atomic mass is 19.1. The molecule has 0 saturated heterocycles. The number of amides is 1. The number of hydrogen-bond acceptors (Lipinski definition) is 6. The molecule has 1 amide bonds. The number of nitrogens with zero attached hydrogens (tertiary/aromatic N) is 1. The van der Waals surface area contributed by atoms with E-state index in [9.17, 15) is 19.3 Å². The van der Waals surface area contributed by atoms with Crippen molar-refractivity contribution in [2.45, 2.75) is 13.0 Å². The summed E-state index contributed by atoms with van der Waals surface area (Å²) in [4.78, 5) is 22.1. The number of halogens is 1. The van der Waals surface area contributed by atoms with Crippen molar-refractivity contribution >= 4 is 17.3 Å². The van der Waals surface area contributed by atoms with Gasteiger partial charge in [-0.15, -0.1) is 0 Å². The number of benzene rings is 2. The van der Waals surface area contributed by atoms with Crippen LogP contribution in [0.5, 0.6) is 17.2 Å². The Morgan fingerprint density at radius 2 is 1.77 bits per heavy atom. The third kappa shape index (κ3) is 4.38. The minimum atomic E-state index is -1.04. The number of nitro benzene ring substituents is 1. The summed E-state index contributed by atoms with van der Waals surface area (Å²) in [6, 6.07) is 7.73. The van der Waals surface area contributed by atoms with Crippen molar-refractivity contribution in [3.63, 3.8) is 0 Å². The Morgan fingerprint density at radius 1 is 1.12 bits per heavy atom. The third-order valence-electron chi connectivity index (χ3n) is 3.45. The number of nitrogens with one attached hydrogen (secondary N) is 1. The highest BCUT2D eigenvalue weighted by molar-refractivity contribution is 5.94. The van der Waals surface area contributed by atoms with E-state index in [1.807, 2.05) is 0 Å². The monoisotopic (exact) mass is 364 g/mol. The molecular formula is C17H17FN2O6. The lowest BCUT2D eigenvalue weighted by Gasteiger charge is -2.16. The van der Waals surface area contributed by atoms with E-state index in [0.717, 1.165) is 18.2 Å². The lowest BCUT2D eigenvalue weighted by atomic mass is 10.2. The van der Waals surface area contributed by atoms with Crippen LogP contribution in [0, 0.1) is 15.9 Å². The number of ether oxygens (including phenoxy) is 3.